The molecule has 1 aromatic rings. The Bertz CT molecular complexity index is 623. The molecule has 0 atom stereocenters. The predicted octanol–water partition coefficient (Wildman–Crippen LogP) is 2.16. The minimum Gasteiger partial charge on any atom is -0.337 e. The summed E-state index contributed by atoms with van der Waals surface area (Å²) in [6, 6.07) is 0. The van der Waals surface area contributed by atoms with E-state index in [0.29, 0.717) is 31.1 Å². The molecular weight excluding hydrogens is 314 g/mol. The van der Waals surface area contributed by atoms with Crippen molar-refractivity contribution < 1.29 is 13.2 Å². The molecule has 1 fully saturated rings. The number of nitrogens with zero attached hydrogens (tertiary/aromatic N) is 2. The molecule has 118 valence electrons. The summed E-state index contributed by atoms with van der Waals surface area (Å²) in [7, 11) is 1.46. The molecule has 2 rings (SSSR count). The maximum Gasteiger partial charge on any atom is 0.275 e. The van der Waals surface area contributed by atoms with E-state index in [4.69, 9.17) is 10.7 Å². The monoisotopic (exact) mass is 333 g/mol. The van der Waals surface area contributed by atoms with Crippen molar-refractivity contribution in [1.82, 2.24) is 15.1 Å². The third-order valence-corrected chi connectivity index (χ3v) is 5.35. The van der Waals surface area contributed by atoms with Gasteiger partial charge in [-0.25, -0.2) is 8.42 Å². The molecule has 1 N–H and O–H groups in total. The standard InChI is InChI=1S/C13H20ClN3O3S/c1-3-10-12(21(14,19)20)11(16-15-10)13(18)17(4-2)8-9-6-5-7-9/h9H,3-8H2,1-2H3,(H,15,16). The molecule has 1 saturated carbocycles. The molecular formula is C13H20ClN3O3S. The van der Waals surface area contributed by atoms with E-state index >= 15 is 0 Å². The number of rotatable bonds is 6. The number of hydrogen-bond donors (Lipinski definition) is 1. The van der Waals surface area contributed by atoms with Crippen LogP contribution in [0.4, 0.5) is 0 Å². The maximum atomic E-state index is 12.6. The van der Waals surface area contributed by atoms with Gasteiger partial charge in [-0.2, -0.15) is 5.10 Å². The minimum absolute atomic E-state index is 0.0944. The summed E-state index contributed by atoms with van der Waals surface area (Å²) in [5.74, 6) is 0.133. The van der Waals surface area contributed by atoms with Gasteiger partial charge < -0.3 is 4.90 Å². The van der Waals surface area contributed by atoms with Crippen LogP contribution >= 0.6 is 10.7 Å². The van der Waals surface area contributed by atoms with Crippen LogP contribution in [0.1, 0.15) is 49.3 Å². The van der Waals surface area contributed by atoms with E-state index in [2.05, 4.69) is 10.2 Å². The van der Waals surface area contributed by atoms with E-state index in [-0.39, 0.29) is 16.5 Å². The first-order valence-electron chi connectivity index (χ1n) is 7.19. The Labute approximate surface area is 129 Å². The summed E-state index contributed by atoms with van der Waals surface area (Å²) >= 11 is 0. The van der Waals surface area contributed by atoms with Gasteiger partial charge in [-0.3, -0.25) is 9.89 Å². The van der Waals surface area contributed by atoms with E-state index in [1.54, 1.807) is 11.8 Å². The SMILES string of the molecule is CCc1[nH]nc(C(=O)N(CC)CC2CCC2)c1S(=O)(=O)Cl. The van der Waals surface area contributed by atoms with Crippen LogP contribution in [0, 0.1) is 5.92 Å². The van der Waals surface area contributed by atoms with Crippen LogP contribution in [-0.2, 0) is 15.5 Å². The Hall–Kier alpha value is -1.08. The molecule has 1 amide bonds. The summed E-state index contributed by atoms with van der Waals surface area (Å²) in [6.45, 7) is 4.81. The average molecular weight is 334 g/mol. The normalized spacial score (nSPS) is 15.8. The Kier molecular flexibility index (Phi) is 4.93. The fourth-order valence-corrected chi connectivity index (χ4v) is 3.85. The molecule has 0 saturated heterocycles. The number of carbonyl (C=O) groups is 1. The molecule has 8 heteroatoms. The van der Waals surface area contributed by atoms with Gasteiger partial charge in [0.1, 0.15) is 4.90 Å². The van der Waals surface area contributed by atoms with Gasteiger partial charge in [0.2, 0.25) is 0 Å². The van der Waals surface area contributed by atoms with Crippen LogP contribution in [0.5, 0.6) is 0 Å². The van der Waals surface area contributed by atoms with Gasteiger partial charge >= 0.3 is 0 Å². The van der Waals surface area contributed by atoms with Crippen LogP contribution < -0.4 is 0 Å². The largest absolute Gasteiger partial charge is 0.337 e. The quantitative estimate of drug-likeness (QED) is 0.809. The summed E-state index contributed by atoms with van der Waals surface area (Å²) in [6.07, 6.45) is 3.84. The third-order valence-electron chi connectivity index (χ3n) is 3.96. The van der Waals surface area contributed by atoms with Gasteiger partial charge in [0, 0.05) is 23.8 Å². The van der Waals surface area contributed by atoms with Gasteiger partial charge in [0.15, 0.2) is 5.69 Å². The number of aryl methyl sites for hydroxylation is 1. The van der Waals surface area contributed by atoms with E-state index in [1.807, 2.05) is 6.92 Å². The second-order valence-electron chi connectivity index (χ2n) is 5.31. The van der Waals surface area contributed by atoms with Gasteiger partial charge in [0.25, 0.3) is 15.0 Å². The number of aromatic nitrogens is 2. The van der Waals surface area contributed by atoms with Crippen molar-refractivity contribution in [2.45, 2.75) is 44.4 Å². The Balaban J connectivity index is 2.31. The van der Waals surface area contributed by atoms with Crippen LogP contribution in [-0.4, -0.2) is 42.5 Å². The zero-order chi connectivity index (χ0) is 15.6. The molecule has 1 aromatic heterocycles. The molecule has 0 aliphatic heterocycles. The number of hydrogen-bond acceptors (Lipinski definition) is 4. The first-order chi connectivity index (χ1) is 9.88. The molecule has 0 spiro atoms. The van der Waals surface area contributed by atoms with Crippen molar-refractivity contribution in [3.8, 4) is 0 Å². The van der Waals surface area contributed by atoms with E-state index in [1.165, 1.54) is 6.42 Å². The molecule has 1 heterocycles. The molecule has 0 unspecified atom stereocenters. The number of nitrogens with one attached hydrogen (secondary N) is 1. The van der Waals surface area contributed by atoms with Crippen molar-refractivity contribution in [1.29, 1.82) is 0 Å². The van der Waals surface area contributed by atoms with E-state index in [0.717, 1.165) is 12.8 Å². The van der Waals surface area contributed by atoms with Crippen LogP contribution in [0.2, 0.25) is 0 Å². The van der Waals surface area contributed by atoms with Gasteiger partial charge in [0.05, 0.1) is 5.69 Å². The zero-order valence-corrected chi connectivity index (χ0v) is 13.8. The second-order valence-corrected chi connectivity index (χ2v) is 7.81. The van der Waals surface area contributed by atoms with Crippen LogP contribution in [0.25, 0.3) is 0 Å². The Morgan fingerprint density at radius 3 is 2.52 bits per heavy atom. The molecule has 21 heavy (non-hydrogen) atoms. The highest BCUT2D eigenvalue weighted by Crippen LogP contribution is 2.29. The summed E-state index contributed by atoms with van der Waals surface area (Å²) < 4.78 is 23.5. The lowest BCUT2D eigenvalue weighted by atomic mass is 9.85. The average Bonchev–Trinajstić information content (AvgIpc) is 2.80. The highest BCUT2D eigenvalue weighted by atomic mass is 35.7. The molecule has 6 nitrogen and oxygen atoms in total. The smallest absolute Gasteiger partial charge is 0.275 e. The highest BCUT2D eigenvalue weighted by molar-refractivity contribution is 8.13. The van der Waals surface area contributed by atoms with Crippen LogP contribution in [0.15, 0.2) is 4.90 Å². The Morgan fingerprint density at radius 2 is 2.10 bits per heavy atom. The van der Waals surface area contributed by atoms with Gasteiger partial charge in [-0.15, -0.1) is 0 Å². The topological polar surface area (TPSA) is 83.1 Å². The maximum absolute atomic E-state index is 12.6. The molecule has 0 bridgehead atoms. The minimum atomic E-state index is -4.01. The van der Waals surface area contributed by atoms with Crippen molar-refractivity contribution >= 4 is 25.6 Å². The molecule has 0 aromatic carbocycles. The first-order valence-corrected chi connectivity index (χ1v) is 9.50. The van der Waals surface area contributed by atoms with Crippen LogP contribution in [0.3, 0.4) is 0 Å². The lowest BCUT2D eigenvalue weighted by Gasteiger charge is -2.31. The molecule has 1 aliphatic carbocycles. The van der Waals surface area contributed by atoms with Crippen molar-refractivity contribution in [3.05, 3.63) is 11.4 Å². The first kappa shape index (κ1) is 16.3. The molecule has 1 aliphatic rings. The number of H-pyrrole nitrogens is 1. The molecule has 0 radical (unpaired) electrons. The fraction of sp³-hybridized carbons (Fsp3) is 0.692. The number of aromatic amines is 1. The van der Waals surface area contributed by atoms with Crippen molar-refractivity contribution in [2.24, 2.45) is 5.92 Å². The van der Waals surface area contributed by atoms with Crippen molar-refractivity contribution in [3.63, 3.8) is 0 Å². The Morgan fingerprint density at radius 1 is 1.43 bits per heavy atom. The lowest BCUT2D eigenvalue weighted by Crippen LogP contribution is -2.37. The summed E-state index contributed by atoms with van der Waals surface area (Å²) in [4.78, 5) is 14.0. The third kappa shape index (κ3) is 3.40. The summed E-state index contributed by atoms with van der Waals surface area (Å²) in [5.41, 5.74) is 0.274. The van der Waals surface area contributed by atoms with E-state index < -0.39 is 9.05 Å². The number of carbonyl (C=O) groups excluding carboxylic acids is 1. The summed E-state index contributed by atoms with van der Waals surface area (Å²) in [5, 5.41) is 6.50. The van der Waals surface area contributed by atoms with Gasteiger partial charge in [-0.05, 0) is 32.1 Å². The number of halogens is 1. The zero-order valence-electron chi connectivity index (χ0n) is 12.2. The lowest BCUT2D eigenvalue weighted by molar-refractivity contribution is 0.0696. The fourth-order valence-electron chi connectivity index (χ4n) is 2.51. The highest BCUT2D eigenvalue weighted by Gasteiger charge is 2.31. The predicted molar refractivity (Wildman–Crippen MR) is 79.9 cm³/mol. The van der Waals surface area contributed by atoms with Crippen molar-refractivity contribution in [2.75, 3.05) is 13.1 Å². The number of amides is 1. The second kappa shape index (κ2) is 6.36. The van der Waals surface area contributed by atoms with Gasteiger partial charge in [-0.1, -0.05) is 13.3 Å². The van der Waals surface area contributed by atoms with E-state index in [9.17, 15) is 13.2 Å².